The molecule has 0 aliphatic heterocycles. The zero-order valence-corrected chi connectivity index (χ0v) is 11.6. The Morgan fingerprint density at radius 3 is 3.05 bits per heavy atom. The summed E-state index contributed by atoms with van der Waals surface area (Å²) in [6, 6.07) is 1.92. The maximum absolute atomic E-state index is 9.49. The number of hydrogen-bond donors (Lipinski definition) is 2. The van der Waals surface area contributed by atoms with Crippen molar-refractivity contribution >= 4 is 38.7 Å². The molecule has 3 rings (SSSR count). The lowest BCUT2D eigenvalue weighted by molar-refractivity contribution is 0.274. The Hall–Kier alpha value is -1.57. The number of aliphatic hydroxyl groups is 1. The van der Waals surface area contributed by atoms with Crippen LogP contribution >= 0.6 is 22.7 Å². The summed E-state index contributed by atoms with van der Waals surface area (Å²) in [7, 11) is 0. The topological polar surface area (TPSA) is 70.9 Å². The zero-order valence-electron chi connectivity index (χ0n) is 9.98. The van der Waals surface area contributed by atoms with Gasteiger partial charge in [0.25, 0.3) is 0 Å². The van der Waals surface area contributed by atoms with Gasteiger partial charge < -0.3 is 10.4 Å². The maximum Gasteiger partial charge on any atom is 0.138 e. The Morgan fingerprint density at radius 1 is 1.32 bits per heavy atom. The molecule has 0 aliphatic rings. The molecule has 1 unspecified atom stereocenters. The van der Waals surface area contributed by atoms with E-state index in [1.165, 1.54) is 0 Å². The van der Waals surface area contributed by atoms with E-state index in [-0.39, 0.29) is 12.6 Å². The van der Waals surface area contributed by atoms with Gasteiger partial charge in [0, 0.05) is 17.5 Å². The Kier molecular flexibility index (Phi) is 3.67. The number of hydrogen-bond acceptors (Lipinski definition) is 7. The molecule has 0 radical (unpaired) electrons. The highest BCUT2D eigenvalue weighted by atomic mass is 32.1. The van der Waals surface area contributed by atoms with Crippen LogP contribution in [0.3, 0.4) is 0 Å². The van der Waals surface area contributed by atoms with Crippen molar-refractivity contribution in [3.8, 4) is 0 Å². The molecular formula is C12H12N4OS2. The van der Waals surface area contributed by atoms with E-state index in [2.05, 4.69) is 20.3 Å². The number of thiazole rings is 1. The largest absolute Gasteiger partial charge is 0.394 e. The third-order valence-electron chi connectivity index (χ3n) is 2.75. The summed E-state index contributed by atoms with van der Waals surface area (Å²) in [5, 5.41) is 15.8. The number of aromatic nitrogens is 3. The molecule has 0 amide bonds. The molecular weight excluding hydrogens is 280 g/mol. The fraction of sp³-hybridized carbons (Fsp3) is 0.250. The van der Waals surface area contributed by atoms with Crippen LogP contribution in [0.25, 0.3) is 10.2 Å². The number of anilines is 1. The lowest BCUT2D eigenvalue weighted by atomic mass is 10.2. The summed E-state index contributed by atoms with van der Waals surface area (Å²) < 4.78 is 0. The number of thiophene rings is 1. The smallest absolute Gasteiger partial charge is 0.138 e. The summed E-state index contributed by atoms with van der Waals surface area (Å²) in [5.74, 6) is 0.773. The van der Waals surface area contributed by atoms with Crippen LogP contribution in [0.5, 0.6) is 0 Å². The van der Waals surface area contributed by atoms with Gasteiger partial charge in [0.1, 0.15) is 17.0 Å². The van der Waals surface area contributed by atoms with Gasteiger partial charge in [-0.15, -0.1) is 22.7 Å². The lowest BCUT2D eigenvalue weighted by Crippen LogP contribution is -2.26. The first kappa shape index (κ1) is 12.5. The molecule has 98 valence electrons. The summed E-state index contributed by atoms with van der Waals surface area (Å²) in [5.41, 5.74) is 1.80. The molecule has 3 heterocycles. The highest BCUT2D eigenvalue weighted by Crippen LogP contribution is 2.24. The minimum Gasteiger partial charge on any atom is -0.394 e. The van der Waals surface area contributed by atoms with E-state index in [1.807, 2.05) is 17.6 Å². The molecule has 19 heavy (non-hydrogen) atoms. The van der Waals surface area contributed by atoms with E-state index in [0.29, 0.717) is 0 Å². The van der Waals surface area contributed by atoms with Crippen LogP contribution in [0.1, 0.15) is 4.88 Å². The van der Waals surface area contributed by atoms with E-state index >= 15 is 0 Å². The number of nitrogens with one attached hydrogen (secondary N) is 1. The summed E-state index contributed by atoms with van der Waals surface area (Å²) in [4.78, 5) is 14.6. The third kappa shape index (κ3) is 2.73. The van der Waals surface area contributed by atoms with Crippen molar-refractivity contribution in [2.75, 3.05) is 11.9 Å². The average Bonchev–Trinajstić information content (AvgIpc) is 3.08. The van der Waals surface area contributed by atoms with E-state index in [4.69, 9.17) is 0 Å². The second-order valence-corrected chi connectivity index (χ2v) is 5.92. The second kappa shape index (κ2) is 5.60. The summed E-state index contributed by atoms with van der Waals surface area (Å²) >= 11 is 3.17. The summed E-state index contributed by atoms with van der Waals surface area (Å²) in [6.07, 6.45) is 4.11. The number of fused-ring (bicyclic) bond motifs is 1. The van der Waals surface area contributed by atoms with Crippen molar-refractivity contribution in [2.24, 2.45) is 0 Å². The molecule has 2 N–H and O–H groups in total. The van der Waals surface area contributed by atoms with Gasteiger partial charge in [-0.25, -0.2) is 9.97 Å². The molecule has 0 saturated carbocycles. The average molecular weight is 292 g/mol. The van der Waals surface area contributed by atoms with Crippen LogP contribution in [-0.4, -0.2) is 32.7 Å². The van der Waals surface area contributed by atoms with Gasteiger partial charge in [-0.2, -0.15) is 0 Å². The van der Waals surface area contributed by atoms with Crippen molar-refractivity contribution in [1.82, 2.24) is 15.0 Å². The molecule has 0 fully saturated rings. The molecule has 0 spiro atoms. The highest BCUT2D eigenvalue weighted by molar-refractivity contribution is 7.16. The van der Waals surface area contributed by atoms with Gasteiger partial charge in [0.15, 0.2) is 0 Å². The van der Waals surface area contributed by atoms with Crippen molar-refractivity contribution in [3.63, 3.8) is 0 Å². The van der Waals surface area contributed by atoms with Crippen molar-refractivity contribution in [2.45, 2.75) is 12.5 Å². The summed E-state index contributed by atoms with van der Waals surface area (Å²) in [6.45, 7) is 0.0491. The Balaban J connectivity index is 1.80. The molecule has 3 aromatic rings. The quantitative estimate of drug-likeness (QED) is 0.754. The van der Waals surface area contributed by atoms with E-state index in [0.717, 1.165) is 27.3 Å². The van der Waals surface area contributed by atoms with E-state index < -0.39 is 0 Å². The molecule has 5 nitrogen and oxygen atoms in total. The van der Waals surface area contributed by atoms with Crippen molar-refractivity contribution in [1.29, 1.82) is 0 Å². The van der Waals surface area contributed by atoms with Gasteiger partial charge in [0.2, 0.25) is 0 Å². The number of rotatable bonds is 5. The first-order chi connectivity index (χ1) is 9.36. The van der Waals surface area contributed by atoms with Crippen LogP contribution in [0.15, 0.2) is 29.5 Å². The van der Waals surface area contributed by atoms with Crippen LogP contribution in [0.4, 0.5) is 5.82 Å². The number of nitrogens with zero attached hydrogens (tertiary/aromatic N) is 3. The van der Waals surface area contributed by atoms with Gasteiger partial charge in [-0.05, 0) is 11.4 Å². The van der Waals surface area contributed by atoms with Gasteiger partial charge in [-0.3, -0.25) is 4.98 Å². The molecule has 0 aliphatic carbocycles. The fourth-order valence-corrected chi connectivity index (χ4v) is 3.25. The first-order valence-corrected chi connectivity index (χ1v) is 7.55. The Labute approximate surface area is 118 Å². The molecule has 0 saturated heterocycles. The van der Waals surface area contributed by atoms with Crippen molar-refractivity contribution in [3.05, 3.63) is 34.4 Å². The molecule has 3 aromatic heterocycles. The molecule has 0 aromatic carbocycles. The molecule has 1 atom stereocenters. The normalized spacial score (nSPS) is 12.7. The van der Waals surface area contributed by atoms with Gasteiger partial charge in [0.05, 0.1) is 23.5 Å². The monoisotopic (exact) mass is 292 g/mol. The Bertz CT molecular complexity index is 653. The second-order valence-electron chi connectivity index (χ2n) is 4.06. The van der Waals surface area contributed by atoms with Gasteiger partial charge >= 0.3 is 0 Å². The number of aliphatic hydroxyl groups excluding tert-OH is 1. The molecule has 0 bridgehead atoms. The van der Waals surface area contributed by atoms with Crippen LogP contribution in [0, 0.1) is 0 Å². The predicted molar refractivity (Wildman–Crippen MR) is 77.7 cm³/mol. The standard InChI is InChI=1S/C12H12N4OS2/c17-5-8(3-9-4-13-7-19-9)16-11-10-1-2-18-12(10)15-6-14-11/h1-2,4,6-8,17H,3,5H2,(H,14,15,16). The van der Waals surface area contributed by atoms with Crippen molar-refractivity contribution < 1.29 is 5.11 Å². The predicted octanol–water partition coefficient (Wildman–Crippen LogP) is 2.16. The van der Waals surface area contributed by atoms with E-state index in [9.17, 15) is 5.11 Å². The van der Waals surface area contributed by atoms with Crippen LogP contribution in [-0.2, 0) is 6.42 Å². The minimum atomic E-state index is -0.0709. The molecule has 7 heteroatoms. The fourth-order valence-electron chi connectivity index (χ4n) is 1.85. The van der Waals surface area contributed by atoms with Gasteiger partial charge in [-0.1, -0.05) is 0 Å². The Morgan fingerprint density at radius 2 is 2.26 bits per heavy atom. The van der Waals surface area contributed by atoms with E-state index in [1.54, 1.807) is 34.5 Å². The maximum atomic E-state index is 9.49. The highest BCUT2D eigenvalue weighted by Gasteiger charge is 2.12. The first-order valence-electron chi connectivity index (χ1n) is 5.80. The zero-order chi connectivity index (χ0) is 13.1. The van der Waals surface area contributed by atoms with Crippen LogP contribution < -0.4 is 5.32 Å². The van der Waals surface area contributed by atoms with Crippen LogP contribution in [0.2, 0.25) is 0 Å². The third-order valence-corrected chi connectivity index (χ3v) is 4.38. The minimum absolute atomic E-state index is 0.0491. The SMILES string of the molecule is OCC(Cc1cncs1)Nc1ncnc2sccc12. The lowest BCUT2D eigenvalue weighted by Gasteiger charge is -2.16.